The molecule has 1 aromatic rings. The lowest BCUT2D eigenvalue weighted by Crippen LogP contribution is -2.21. The van der Waals surface area contributed by atoms with Crippen molar-refractivity contribution in [3.63, 3.8) is 0 Å². The molecule has 0 bridgehead atoms. The highest BCUT2D eigenvalue weighted by Crippen LogP contribution is 2.25. The van der Waals surface area contributed by atoms with Gasteiger partial charge in [0.1, 0.15) is 4.90 Å². The van der Waals surface area contributed by atoms with Crippen LogP contribution in [0.25, 0.3) is 0 Å². The van der Waals surface area contributed by atoms with Gasteiger partial charge in [-0.3, -0.25) is 0 Å². The molecule has 19 heavy (non-hydrogen) atoms. The van der Waals surface area contributed by atoms with Crippen molar-refractivity contribution in [2.45, 2.75) is 17.9 Å². The zero-order chi connectivity index (χ0) is 14.8. The molecule has 0 radical (unpaired) electrons. The largest absolute Gasteiger partial charge is 0.478 e. The maximum Gasteiger partial charge on any atom is 0.338 e. The summed E-state index contributed by atoms with van der Waals surface area (Å²) in [5, 5.41) is 8.63. The third kappa shape index (κ3) is 3.65. The van der Waals surface area contributed by atoms with Crippen LogP contribution in [-0.2, 0) is 14.6 Å². The number of aromatic carboxylic acids is 1. The molecule has 5 nitrogen and oxygen atoms in total. The van der Waals surface area contributed by atoms with E-state index in [1.165, 1.54) is 14.0 Å². The Balaban J connectivity index is 3.39. The summed E-state index contributed by atoms with van der Waals surface area (Å²) >= 11 is 5.62. The first kappa shape index (κ1) is 15.9. The van der Waals surface area contributed by atoms with Gasteiger partial charge in [0.05, 0.1) is 17.4 Å². The first-order chi connectivity index (χ1) is 8.69. The van der Waals surface area contributed by atoms with Gasteiger partial charge in [-0.2, -0.15) is 0 Å². The predicted molar refractivity (Wildman–Crippen MR) is 66.9 cm³/mol. The number of ether oxygens (including phenoxy) is 1. The van der Waals surface area contributed by atoms with Crippen LogP contribution in [0.4, 0.5) is 4.39 Å². The van der Waals surface area contributed by atoms with Gasteiger partial charge in [0.2, 0.25) is 0 Å². The van der Waals surface area contributed by atoms with Gasteiger partial charge in [-0.25, -0.2) is 17.6 Å². The van der Waals surface area contributed by atoms with E-state index in [0.717, 1.165) is 12.1 Å². The normalized spacial score (nSPS) is 13.3. The van der Waals surface area contributed by atoms with Crippen LogP contribution < -0.4 is 0 Å². The van der Waals surface area contributed by atoms with Crippen LogP contribution in [0.2, 0.25) is 5.02 Å². The molecule has 8 heteroatoms. The van der Waals surface area contributed by atoms with Crippen molar-refractivity contribution >= 4 is 27.4 Å². The average Bonchev–Trinajstić information content (AvgIpc) is 2.30. The minimum absolute atomic E-state index is 0.164. The fraction of sp³-hybridized carbons (Fsp3) is 0.364. The molecule has 0 saturated carbocycles. The van der Waals surface area contributed by atoms with E-state index in [0.29, 0.717) is 0 Å². The lowest BCUT2D eigenvalue weighted by molar-refractivity contribution is 0.0691. The second-order valence-electron chi connectivity index (χ2n) is 3.90. The second kappa shape index (κ2) is 5.85. The highest BCUT2D eigenvalue weighted by molar-refractivity contribution is 7.91. The van der Waals surface area contributed by atoms with Gasteiger partial charge in [-0.1, -0.05) is 11.6 Å². The monoisotopic (exact) mass is 310 g/mol. The van der Waals surface area contributed by atoms with Gasteiger partial charge in [0.25, 0.3) is 0 Å². The Kier molecular flexibility index (Phi) is 4.89. The molecule has 1 rings (SSSR count). The molecule has 0 spiro atoms. The molecule has 1 atom stereocenters. The molecule has 0 heterocycles. The Morgan fingerprint density at radius 3 is 2.58 bits per heavy atom. The fourth-order valence-electron chi connectivity index (χ4n) is 1.41. The second-order valence-corrected chi connectivity index (χ2v) is 6.34. The van der Waals surface area contributed by atoms with Crippen molar-refractivity contribution in [2.24, 2.45) is 0 Å². The molecule has 1 aromatic carbocycles. The highest BCUT2D eigenvalue weighted by Gasteiger charge is 2.26. The molecule has 0 saturated heterocycles. The molecule has 1 N–H and O–H groups in total. The van der Waals surface area contributed by atoms with E-state index in [1.807, 2.05) is 0 Å². The number of rotatable bonds is 5. The number of sulfone groups is 1. The third-order valence-corrected chi connectivity index (χ3v) is 4.52. The van der Waals surface area contributed by atoms with Gasteiger partial charge in [0, 0.05) is 12.1 Å². The Morgan fingerprint density at radius 1 is 1.53 bits per heavy atom. The zero-order valence-corrected chi connectivity index (χ0v) is 11.8. The molecule has 0 aliphatic heterocycles. The number of carbonyl (C=O) groups is 1. The molecule has 106 valence electrons. The Labute approximate surface area is 114 Å². The minimum Gasteiger partial charge on any atom is -0.478 e. The molecule has 0 aromatic heterocycles. The van der Waals surface area contributed by atoms with E-state index in [-0.39, 0.29) is 5.02 Å². The zero-order valence-electron chi connectivity index (χ0n) is 10.2. The first-order valence-corrected chi connectivity index (χ1v) is 7.20. The lowest BCUT2D eigenvalue weighted by atomic mass is 10.2. The standard InChI is InChI=1S/C11H12ClFO5S/c1-6(18-2)5-19(16,17)9-4-7(12)3-8(10(9)13)11(14)15/h3-4,6H,5H2,1-2H3,(H,14,15). The predicted octanol–water partition coefficient (Wildman–Crippen LogP) is 1.99. The first-order valence-electron chi connectivity index (χ1n) is 5.17. The van der Waals surface area contributed by atoms with Crippen LogP contribution in [0.5, 0.6) is 0 Å². The molecule has 0 fully saturated rings. The summed E-state index contributed by atoms with van der Waals surface area (Å²) in [7, 11) is -2.71. The van der Waals surface area contributed by atoms with Gasteiger partial charge in [0.15, 0.2) is 15.7 Å². The van der Waals surface area contributed by atoms with Gasteiger partial charge >= 0.3 is 5.97 Å². The van der Waals surface area contributed by atoms with Crippen molar-refractivity contribution in [1.29, 1.82) is 0 Å². The smallest absolute Gasteiger partial charge is 0.338 e. The Bertz CT molecular complexity index is 599. The minimum atomic E-state index is -4.03. The van der Waals surface area contributed by atoms with Crippen molar-refractivity contribution in [3.8, 4) is 0 Å². The molecule has 0 amide bonds. The maximum absolute atomic E-state index is 13.9. The highest BCUT2D eigenvalue weighted by atomic mass is 35.5. The summed E-state index contributed by atoms with van der Waals surface area (Å²) in [6, 6.07) is 1.75. The van der Waals surface area contributed by atoms with Crippen molar-refractivity contribution < 1.29 is 27.4 Å². The van der Waals surface area contributed by atoms with E-state index < -0.39 is 43.9 Å². The lowest BCUT2D eigenvalue weighted by Gasteiger charge is -2.12. The third-order valence-electron chi connectivity index (χ3n) is 2.43. The molecule has 0 aliphatic carbocycles. The molecular weight excluding hydrogens is 299 g/mol. The SMILES string of the molecule is COC(C)CS(=O)(=O)c1cc(Cl)cc(C(=O)O)c1F. The number of hydrogen-bond donors (Lipinski definition) is 1. The fourth-order valence-corrected chi connectivity index (χ4v) is 3.32. The Hall–Kier alpha value is -1.18. The summed E-state index contributed by atoms with van der Waals surface area (Å²) < 4.78 is 42.7. The number of carboxylic acids is 1. The van der Waals surface area contributed by atoms with Crippen molar-refractivity contribution in [1.82, 2.24) is 0 Å². The van der Waals surface area contributed by atoms with Crippen LogP contribution >= 0.6 is 11.6 Å². The number of benzene rings is 1. The summed E-state index contributed by atoms with van der Waals surface area (Å²) in [6.07, 6.45) is -0.656. The molecule has 0 aliphatic rings. The number of methoxy groups -OCH3 is 1. The average molecular weight is 311 g/mol. The van der Waals surface area contributed by atoms with E-state index in [4.69, 9.17) is 21.4 Å². The van der Waals surface area contributed by atoms with Crippen LogP contribution in [0.15, 0.2) is 17.0 Å². The van der Waals surface area contributed by atoms with Gasteiger partial charge in [-0.05, 0) is 19.1 Å². The number of carboxylic acid groups (broad SMARTS) is 1. The molecule has 1 unspecified atom stereocenters. The van der Waals surface area contributed by atoms with E-state index in [9.17, 15) is 17.6 Å². The van der Waals surface area contributed by atoms with E-state index in [1.54, 1.807) is 0 Å². The topological polar surface area (TPSA) is 80.7 Å². The van der Waals surface area contributed by atoms with Gasteiger partial charge < -0.3 is 9.84 Å². The van der Waals surface area contributed by atoms with Crippen LogP contribution in [-0.4, -0.2) is 38.5 Å². The summed E-state index contributed by atoms with van der Waals surface area (Å²) in [6.45, 7) is 1.50. The summed E-state index contributed by atoms with van der Waals surface area (Å²) in [5.74, 6) is -3.38. The summed E-state index contributed by atoms with van der Waals surface area (Å²) in [4.78, 5) is 10.1. The van der Waals surface area contributed by atoms with Crippen molar-refractivity contribution in [3.05, 3.63) is 28.5 Å². The number of hydrogen-bond acceptors (Lipinski definition) is 4. The van der Waals surface area contributed by atoms with Crippen LogP contribution in [0, 0.1) is 5.82 Å². The van der Waals surface area contributed by atoms with E-state index >= 15 is 0 Å². The van der Waals surface area contributed by atoms with Crippen molar-refractivity contribution in [2.75, 3.05) is 12.9 Å². The molecular formula is C11H12ClFO5S. The van der Waals surface area contributed by atoms with E-state index in [2.05, 4.69) is 0 Å². The maximum atomic E-state index is 13.9. The Morgan fingerprint density at radius 2 is 2.11 bits per heavy atom. The van der Waals surface area contributed by atoms with Gasteiger partial charge in [-0.15, -0.1) is 0 Å². The quantitative estimate of drug-likeness (QED) is 0.899. The number of halogens is 2. The van der Waals surface area contributed by atoms with Crippen LogP contribution in [0.1, 0.15) is 17.3 Å². The summed E-state index contributed by atoms with van der Waals surface area (Å²) in [5.41, 5.74) is -0.781. The van der Waals surface area contributed by atoms with Crippen LogP contribution in [0.3, 0.4) is 0 Å².